The minimum atomic E-state index is -0.340. The van der Waals surface area contributed by atoms with Gasteiger partial charge in [0, 0.05) is 54.3 Å². The van der Waals surface area contributed by atoms with E-state index in [0.29, 0.717) is 25.7 Å². The number of hydrogen-bond acceptors (Lipinski definition) is 2. The van der Waals surface area contributed by atoms with Gasteiger partial charge in [0.05, 0.1) is 0 Å². The van der Waals surface area contributed by atoms with Crippen LogP contribution in [0.1, 0.15) is 25.3 Å². The van der Waals surface area contributed by atoms with Crippen LogP contribution in [0.4, 0.5) is 4.79 Å². The first-order chi connectivity index (χ1) is 13.1. The third-order valence-electron chi connectivity index (χ3n) is 4.87. The maximum atomic E-state index is 11.2. The first kappa shape index (κ1) is 22.6. The number of fused-ring (bicyclic) bond motifs is 1. The van der Waals surface area contributed by atoms with Crippen LogP contribution < -0.4 is 16.4 Å². The Morgan fingerprint density at radius 2 is 2.14 bits per heavy atom. The molecule has 2 amide bonds. The normalized spacial score (nSPS) is 15.4. The van der Waals surface area contributed by atoms with E-state index in [4.69, 9.17) is 22.3 Å². The predicted molar refractivity (Wildman–Crippen MR) is 126 cm³/mol. The van der Waals surface area contributed by atoms with Gasteiger partial charge in [-0.25, -0.2) is 4.79 Å². The summed E-state index contributed by atoms with van der Waals surface area (Å²) in [6.45, 7) is 4.89. The zero-order valence-electron chi connectivity index (χ0n) is 16.0. The van der Waals surface area contributed by atoms with E-state index in [2.05, 4.69) is 22.5 Å². The Kier molecular flexibility index (Phi) is 8.68. The van der Waals surface area contributed by atoms with Gasteiger partial charge in [0.1, 0.15) is 0 Å². The number of amides is 2. The second kappa shape index (κ2) is 10.8. The molecule has 154 valence electrons. The number of nitrogens with zero attached hydrogens (tertiary/aromatic N) is 2. The van der Waals surface area contributed by atoms with Crippen LogP contribution in [0.5, 0.6) is 0 Å². The number of primary amides is 1. The number of benzene rings is 1. The predicted octanol–water partition coefficient (Wildman–Crippen LogP) is 3.08. The first-order valence-electron chi connectivity index (χ1n) is 9.41. The van der Waals surface area contributed by atoms with Crippen LogP contribution in [-0.2, 0) is 6.42 Å². The van der Waals surface area contributed by atoms with Gasteiger partial charge in [0.2, 0.25) is 0 Å². The lowest BCUT2D eigenvalue weighted by Crippen LogP contribution is -2.50. The number of aromatic amines is 1. The summed E-state index contributed by atoms with van der Waals surface area (Å²) in [4.78, 5) is 20.9. The number of H-pyrrole nitrogens is 1. The molecule has 9 heteroatoms. The summed E-state index contributed by atoms with van der Waals surface area (Å²) in [5.74, 6) is 0.813. The fraction of sp³-hybridized carbons (Fsp3) is 0.474. The van der Waals surface area contributed by atoms with E-state index in [-0.39, 0.29) is 30.0 Å². The Labute approximate surface area is 187 Å². The van der Waals surface area contributed by atoms with Crippen LogP contribution >= 0.6 is 35.6 Å². The van der Waals surface area contributed by atoms with Crippen molar-refractivity contribution < 1.29 is 4.79 Å². The summed E-state index contributed by atoms with van der Waals surface area (Å²) in [5.41, 5.74) is 7.64. The third kappa shape index (κ3) is 5.91. The highest BCUT2D eigenvalue weighted by atomic mass is 127. The second-order valence-corrected chi connectivity index (χ2v) is 7.19. The van der Waals surface area contributed by atoms with Crippen molar-refractivity contribution >= 4 is 58.5 Å². The second-order valence-electron chi connectivity index (χ2n) is 6.76. The van der Waals surface area contributed by atoms with Crippen LogP contribution in [0.15, 0.2) is 29.4 Å². The summed E-state index contributed by atoms with van der Waals surface area (Å²) in [6, 6.07) is 5.83. The summed E-state index contributed by atoms with van der Waals surface area (Å²) >= 11 is 6.12. The number of aromatic nitrogens is 1. The molecule has 0 unspecified atom stereocenters. The lowest BCUT2D eigenvalue weighted by molar-refractivity contribution is 0.188. The zero-order chi connectivity index (χ0) is 19.2. The molecular formula is C19H28ClIN6O. The van der Waals surface area contributed by atoms with Crippen molar-refractivity contribution in [1.29, 1.82) is 0 Å². The molecule has 7 nitrogen and oxygen atoms in total. The van der Waals surface area contributed by atoms with Crippen LogP contribution in [0.25, 0.3) is 10.9 Å². The minimum Gasteiger partial charge on any atom is -0.361 e. The van der Waals surface area contributed by atoms with Crippen molar-refractivity contribution in [3.63, 3.8) is 0 Å². The highest BCUT2D eigenvalue weighted by Gasteiger charge is 2.21. The Morgan fingerprint density at radius 1 is 1.39 bits per heavy atom. The SMILES string of the molecule is CCNC(=NCCc1c[nH]c2ccc(Cl)cc12)NC1CCN(C(N)=O)CC1.I. The first-order valence-corrected chi connectivity index (χ1v) is 9.79. The van der Waals surface area contributed by atoms with Crippen molar-refractivity contribution in [1.82, 2.24) is 20.5 Å². The molecule has 1 aliphatic heterocycles. The molecule has 0 saturated carbocycles. The molecule has 0 aliphatic carbocycles. The minimum absolute atomic E-state index is 0. The number of likely N-dealkylation sites (tertiary alicyclic amines) is 1. The topological polar surface area (TPSA) is 98.5 Å². The summed E-state index contributed by atoms with van der Waals surface area (Å²) < 4.78 is 0. The maximum absolute atomic E-state index is 11.2. The van der Waals surface area contributed by atoms with E-state index in [1.54, 1.807) is 4.90 Å². The number of rotatable bonds is 5. The molecule has 2 heterocycles. The van der Waals surface area contributed by atoms with Crippen LogP contribution in [0.3, 0.4) is 0 Å². The number of aliphatic imine (C=N–C) groups is 1. The number of guanidine groups is 1. The Balaban J connectivity index is 0.00000280. The van der Waals surface area contributed by atoms with Gasteiger partial charge in [-0.05, 0) is 49.9 Å². The summed E-state index contributed by atoms with van der Waals surface area (Å²) in [6.07, 6.45) is 4.59. The average molecular weight is 519 g/mol. The number of piperidine rings is 1. The molecule has 0 spiro atoms. The average Bonchev–Trinajstić information content (AvgIpc) is 3.04. The highest BCUT2D eigenvalue weighted by Crippen LogP contribution is 2.22. The van der Waals surface area contributed by atoms with Crippen molar-refractivity contribution in [2.75, 3.05) is 26.2 Å². The van der Waals surface area contributed by atoms with E-state index in [0.717, 1.165) is 47.7 Å². The molecule has 0 radical (unpaired) electrons. The fourth-order valence-corrected chi connectivity index (χ4v) is 3.58. The molecule has 1 fully saturated rings. The van der Waals surface area contributed by atoms with Crippen molar-refractivity contribution in [2.45, 2.75) is 32.2 Å². The largest absolute Gasteiger partial charge is 0.361 e. The zero-order valence-corrected chi connectivity index (χ0v) is 19.1. The van der Waals surface area contributed by atoms with Gasteiger partial charge < -0.3 is 26.3 Å². The molecule has 2 aromatic rings. The Bertz CT molecular complexity index is 816. The summed E-state index contributed by atoms with van der Waals surface area (Å²) in [5, 5.41) is 8.66. The molecule has 3 rings (SSSR count). The molecule has 1 aromatic carbocycles. The van der Waals surface area contributed by atoms with Gasteiger partial charge in [-0.2, -0.15) is 0 Å². The molecule has 1 saturated heterocycles. The number of hydrogen-bond donors (Lipinski definition) is 4. The van der Waals surface area contributed by atoms with Crippen molar-refractivity contribution in [2.24, 2.45) is 10.7 Å². The molecule has 0 bridgehead atoms. The smallest absolute Gasteiger partial charge is 0.314 e. The van der Waals surface area contributed by atoms with Gasteiger partial charge >= 0.3 is 6.03 Å². The molecule has 0 atom stereocenters. The van der Waals surface area contributed by atoms with Crippen LogP contribution in [0.2, 0.25) is 5.02 Å². The molecule has 1 aliphatic rings. The summed E-state index contributed by atoms with van der Waals surface area (Å²) in [7, 11) is 0. The van der Waals surface area contributed by atoms with E-state index < -0.39 is 0 Å². The Morgan fingerprint density at radius 3 is 2.82 bits per heavy atom. The molecule has 5 N–H and O–H groups in total. The maximum Gasteiger partial charge on any atom is 0.314 e. The van der Waals surface area contributed by atoms with Gasteiger partial charge in [0.25, 0.3) is 0 Å². The van der Waals surface area contributed by atoms with E-state index in [9.17, 15) is 4.79 Å². The van der Waals surface area contributed by atoms with E-state index >= 15 is 0 Å². The number of nitrogens with two attached hydrogens (primary N) is 1. The number of carbonyl (C=O) groups excluding carboxylic acids is 1. The van der Waals surface area contributed by atoms with E-state index in [1.807, 2.05) is 24.4 Å². The number of urea groups is 1. The lowest BCUT2D eigenvalue weighted by atomic mass is 10.1. The number of carbonyl (C=O) groups is 1. The van der Waals surface area contributed by atoms with Crippen molar-refractivity contribution in [3.8, 4) is 0 Å². The fourth-order valence-electron chi connectivity index (χ4n) is 3.40. The van der Waals surface area contributed by atoms with Gasteiger partial charge in [0.15, 0.2) is 5.96 Å². The van der Waals surface area contributed by atoms with Gasteiger partial charge in [-0.3, -0.25) is 4.99 Å². The van der Waals surface area contributed by atoms with E-state index in [1.165, 1.54) is 5.56 Å². The number of halogens is 2. The third-order valence-corrected chi connectivity index (χ3v) is 5.11. The highest BCUT2D eigenvalue weighted by molar-refractivity contribution is 14.0. The molecule has 1 aromatic heterocycles. The standard InChI is InChI=1S/C19H27ClN6O.HI/c1-2-22-19(25-15-6-9-26(10-7-15)18(21)27)23-8-5-13-12-24-17-4-3-14(20)11-16(13)17;/h3-4,11-12,15,24H,2,5-10H2,1H3,(H2,21,27)(H2,22,23,25);1H. The Hall–Kier alpha value is -1.68. The van der Waals surface area contributed by atoms with Gasteiger partial charge in [-0.1, -0.05) is 11.6 Å². The monoisotopic (exact) mass is 518 g/mol. The van der Waals surface area contributed by atoms with Crippen LogP contribution in [0, 0.1) is 0 Å². The quantitative estimate of drug-likeness (QED) is 0.278. The number of nitrogens with one attached hydrogen (secondary N) is 3. The molecular weight excluding hydrogens is 491 g/mol. The van der Waals surface area contributed by atoms with Crippen LogP contribution in [-0.4, -0.2) is 54.1 Å². The molecule has 28 heavy (non-hydrogen) atoms. The van der Waals surface area contributed by atoms with Crippen molar-refractivity contribution in [3.05, 3.63) is 35.0 Å². The van der Waals surface area contributed by atoms with Gasteiger partial charge in [-0.15, -0.1) is 24.0 Å². The lowest BCUT2D eigenvalue weighted by Gasteiger charge is -2.32.